The molecule has 0 bridgehead atoms. The van der Waals surface area contributed by atoms with Crippen LogP contribution >= 0.6 is 0 Å². The Morgan fingerprint density at radius 1 is 0.971 bits per heavy atom. The fourth-order valence-electron chi connectivity index (χ4n) is 4.68. The minimum atomic E-state index is -0.543. The van der Waals surface area contributed by atoms with Crippen LogP contribution in [0, 0.1) is 15.9 Å². The van der Waals surface area contributed by atoms with E-state index in [0.717, 1.165) is 37.6 Å². The number of nitrogens with zero attached hydrogens (tertiary/aromatic N) is 1. The minimum Gasteiger partial charge on any atom is -0.497 e. The molecular formula is C29H24FNO4. The quantitative estimate of drug-likeness (QED) is 0.183. The molecule has 0 N–H and O–H groups in total. The fourth-order valence-corrected chi connectivity index (χ4v) is 4.68. The van der Waals surface area contributed by atoms with E-state index in [-0.39, 0.29) is 17.5 Å². The monoisotopic (exact) mass is 469 g/mol. The number of nitro groups is 1. The number of ether oxygens (including phenoxy) is 2. The van der Waals surface area contributed by atoms with Gasteiger partial charge in [0.15, 0.2) is 5.75 Å². The maximum Gasteiger partial charge on any atom is 0.311 e. The molecule has 0 spiro atoms. The van der Waals surface area contributed by atoms with Crippen molar-refractivity contribution < 1.29 is 18.8 Å². The van der Waals surface area contributed by atoms with Gasteiger partial charge in [0.05, 0.1) is 11.2 Å². The van der Waals surface area contributed by atoms with Crippen molar-refractivity contribution in [1.29, 1.82) is 0 Å². The van der Waals surface area contributed by atoms with E-state index < -0.39 is 10.7 Å². The second kappa shape index (κ2) is 9.97. The van der Waals surface area contributed by atoms with E-state index in [9.17, 15) is 14.5 Å². The van der Waals surface area contributed by atoms with Gasteiger partial charge >= 0.3 is 5.69 Å². The summed E-state index contributed by atoms with van der Waals surface area (Å²) in [7, 11) is 0. The number of allylic oxidation sites excluding steroid dienone is 2. The van der Waals surface area contributed by atoms with Crippen LogP contribution in [0.15, 0.2) is 91.2 Å². The van der Waals surface area contributed by atoms with Crippen molar-refractivity contribution in [1.82, 2.24) is 0 Å². The molecule has 0 fully saturated rings. The van der Waals surface area contributed by atoms with E-state index in [2.05, 4.69) is 36.4 Å². The smallest absolute Gasteiger partial charge is 0.311 e. The first-order valence-electron chi connectivity index (χ1n) is 11.6. The van der Waals surface area contributed by atoms with Gasteiger partial charge in [-0.1, -0.05) is 54.6 Å². The van der Waals surface area contributed by atoms with Gasteiger partial charge in [-0.25, -0.2) is 4.39 Å². The third-order valence-electron chi connectivity index (χ3n) is 6.33. The van der Waals surface area contributed by atoms with Crippen LogP contribution in [-0.2, 0) is 17.6 Å². The molecule has 0 unspecified atom stereocenters. The minimum absolute atomic E-state index is 0.00543. The van der Waals surface area contributed by atoms with E-state index in [4.69, 9.17) is 9.47 Å². The fraction of sp³-hybridized carbons (Fsp3) is 0.172. The molecule has 6 rings (SSSR count). The van der Waals surface area contributed by atoms with Crippen LogP contribution in [0.1, 0.15) is 17.5 Å². The molecule has 1 aliphatic carbocycles. The van der Waals surface area contributed by atoms with Crippen molar-refractivity contribution in [3.63, 3.8) is 0 Å². The summed E-state index contributed by atoms with van der Waals surface area (Å²) in [6, 6.07) is 20.2. The molecule has 1 atom stereocenters. The summed E-state index contributed by atoms with van der Waals surface area (Å²) < 4.78 is 24.4. The highest BCUT2D eigenvalue weighted by Gasteiger charge is 2.25. The average molecular weight is 470 g/mol. The molecule has 1 aliphatic heterocycles. The van der Waals surface area contributed by atoms with Gasteiger partial charge in [-0.3, -0.25) is 10.1 Å². The Bertz CT molecular complexity index is 1450. The molecule has 176 valence electrons. The van der Waals surface area contributed by atoms with E-state index in [1.54, 1.807) is 6.26 Å². The van der Waals surface area contributed by atoms with Gasteiger partial charge in [0, 0.05) is 18.6 Å². The molecule has 5 nitrogen and oxygen atoms in total. The van der Waals surface area contributed by atoms with E-state index in [1.807, 2.05) is 30.4 Å². The summed E-state index contributed by atoms with van der Waals surface area (Å²) in [5, 5.41) is 16.1. The lowest BCUT2D eigenvalue weighted by Gasteiger charge is -2.27. The zero-order chi connectivity index (χ0) is 24.2. The van der Waals surface area contributed by atoms with Crippen molar-refractivity contribution in [3.05, 3.63) is 118 Å². The molecule has 35 heavy (non-hydrogen) atoms. The van der Waals surface area contributed by atoms with Crippen molar-refractivity contribution in [3.8, 4) is 5.75 Å². The molecule has 0 saturated heterocycles. The van der Waals surface area contributed by atoms with Gasteiger partial charge < -0.3 is 9.47 Å². The Hall–Kier alpha value is -4.19. The molecule has 0 radical (unpaired) electrons. The van der Waals surface area contributed by atoms with Gasteiger partial charge in [-0.15, -0.1) is 0 Å². The molecule has 1 heterocycles. The Balaban J connectivity index is 0.000000371. The van der Waals surface area contributed by atoms with Crippen LogP contribution in [0.3, 0.4) is 0 Å². The summed E-state index contributed by atoms with van der Waals surface area (Å²) in [6.07, 6.45) is 9.43. The van der Waals surface area contributed by atoms with Crippen LogP contribution in [0.25, 0.3) is 21.5 Å². The van der Waals surface area contributed by atoms with Crippen molar-refractivity contribution >= 4 is 27.2 Å². The second-order valence-electron chi connectivity index (χ2n) is 8.53. The number of nitro benzene ring substituents is 1. The number of rotatable bonds is 3. The third kappa shape index (κ3) is 4.87. The number of benzene rings is 4. The highest BCUT2D eigenvalue weighted by molar-refractivity contribution is 6.08. The first kappa shape index (κ1) is 22.6. The van der Waals surface area contributed by atoms with Crippen molar-refractivity contribution in [2.45, 2.75) is 25.4 Å². The number of halogens is 1. The predicted molar refractivity (Wildman–Crippen MR) is 135 cm³/mol. The van der Waals surface area contributed by atoms with Crippen LogP contribution in [-0.4, -0.2) is 17.6 Å². The van der Waals surface area contributed by atoms with Gasteiger partial charge in [0.1, 0.15) is 18.5 Å². The maximum atomic E-state index is 13.7. The van der Waals surface area contributed by atoms with Gasteiger partial charge in [-0.2, -0.15) is 0 Å². The molecule has 0 amide bonds. The maximum absolute atomic E-state index is 13.7. The zero-order valence-electron chi connectivity index (χ0n) is 19.0. The number of hydrogen-bond donors (Lipinski definition) is 0. The van der Waals surface area contributed by atoms with Crippen molar-refractivity contribution in [2.75, 3.05) is 6.61 Å². The first-order chi connectivity index (χ1) is 17.1. The summed E-state index contributed by atoms with van der Waals surface area (Å²) in [5.41, 5.74) is 2.28. The van der Waals surface area contributed by atoms with E-state index in [1.165, 1.54) is 32.7 Å². The Morgan fingerprint density at radius 2 is 1.83 bits per heavy atom. The van der Waals surface area contributed by atoms with Gasteiger partial charge in [0.25, 0.3) is 0 Å². The third-order valence-corrected chi connectivity index (χ3v) is 6.33. The summed E-state index contributed by atoms with van der Waals surface area (Å²) in [4.78, 5) is 10.7. The van der Waals surface area contributed by atoms with Crippen LogP contribution < -0.4 is 4.74 Å². The SMILES string of the molecule is C1=CCOC=C1.O=[N+]([O-])c1ccc(F)cc1O[C@@H]1CCc2ccc3c(ccc4ccccc43)c2C1. The molecule has 4 aromatic carbocycles. The number of hydrogen-bond acceptors (Lipinski definition) is 4. The highest BCUT2D eigenvalue weighted by atomic mass is 19.1. The molecule has 2 aliphatic rings. The Labute approximate surface area is 202 Å². The molecule has 0 aromatic heterocycles. The molecule has 0 saturated carbocycles. The summed E-state index contributed by atoms with van der Waals surface area (Å²) in [5.74, 6) is -0.548. The average Bonchev–Trinajstić information content (AvgIpc) is 2.89. The van der Waals surface area contributed by atoms with E-state index in [0.29, 0.717) is 6.42 Å². The largest absolute Gasteiger partial charge is 0.497 e. The van der Waals surface area contributed by atoms with Crippen molar-refractivity contribution in [2.24, 2.45) is 0 Å². The second-order valence-corrected chi connectivity index (χ2v) is 8.53. The highest BCUT2D eigenvalue weighted by Crippen LogP contribution is 2.36. The Kier molecular flexibility index (Phi) is 6.44. The van der Waals surface area contributed by atoms with Crippen LogP contribution in [0.5, 0.6) is 5.75 Å². The summed E-state index contributed by atoms with van der Waals surface area (Å²) in [6.45, 7) is 0.733. The number of fused-ring (bicyclic) bond motifs is 5. The van der Waals surface area contributed by atoms with Gasteiger partial charge in [-0.05, 0) is 63.7 Å². The lowest BCUT2D eigenvalue weighted by molar-refractivity contribution is -0.386. The van der Waals surface area contributed by atoms with Gasteiger partial charge in [0.2, 0.25) is 0 Å². The first-order valence-corrected chi connectivity index (χ1v) is 11.6. The summed E-state index contributed by atoms with van der Waals surface area (Å²) >= 11 is 0. The molecule has 4 aromatic rings. The normalized spacial score (nSPS) is 16.2. The Morgan fingerprint density at radius 3 is 2.57 bits per heavy atom. The molecular weight excluding hydrogens is 445 g/mol. The topological polar surface area (TPSA) is 61.6 Å². The zero-order valence-corrected chi connectivity index (χ0v) is 19.0. The lowest BCUT2D eigenvalue weighted by Crippen LogP contribution is -2.25. The molecule has 6 heteroatoms. The number of aryl methyl sites for hydroxylation is 1. The lowest BCUT2D eigenvalue weighted by atomic mass is 9.85. The van der Waals surface area contributed by atoms with Crippen LogP contribution in [0.4, 0.5) is 10.1 Å². The predicted octanol–water partition coefficient (Wildman–Crippen LogP) is 7.06. The standard InChI is InChI=1S/C24H18FNO3.C5H6O/c25-17-8-12-23(26(27)28)24(13-17)29-18-9-5-16-7-10-20-19-4-2-1-3-15(19)6-11-21(20)22(16)14-18;1-2-4-6-5-3-1/h1-4,6-8,10-13,18H,5,9,14H2;1-4H,5H2/t18-;/m1./s1. The van der Waals surface area contributed by atoms with E-state index >= 15 is 0 Å². The van der Waals surface area contributed by atoms with Crippen LogP contribution in [0.2, 0.25) is 0 Å².